The number of nitrogens with zero attached hydrogens (tertiary/aromatic N) is 1. The van der Waals surface area contributed by atoms with Gasteiger partial charge in [-0.25, -0.2) is 0 Å². The van der Waals surface area contributed by atoms with Gasteiger partial charge >= 0.3 is 0 Å². The van der Waals surface area contributed by atoms with Crippen LogP contribution in [0.4, 0.5) is 0 Å². The van der Waals surface area contributed by atoms with E-state index in [1.807, 2.05) is 0 Å². The molecule has 1 fully saturated rings. The number of hydrogen-bond acceptors (Lipinski definition) is 3. The lowest BCUT2D eigenvalue weighted by Gasteiger charge is -2.43. The lowest BCUT2D eigenvalue weighted by atomic mass is 9.92. The molecule has 1 rings (SSSR count). The predicted octanol–water partition coefficient (Wildman–Crippen LogP) is 2.39. The van der Waals surface area contributed by atoms with Gasteiger partial charge in [-0.3, -0.25) is 4.90 Å². The second kappa shape index (κ2) is 7.34. The summed E-state index contributed by atoms with van der Waals surface area (Å²) in [5.41, 5.74) is 6.09. The third kappa shape index (κ3) is 4.23. The zero-order chi connectivity index (χ0) is 12.7. The first-order valence-corrected chi connectivity index (χ1v) is 7.06. The fourth-order valence-electron chi connectivity index (χ4n) is 2.83. The third-order valence-electron chi connectivity index (χ3n) is 4.51. The minimum atomic E-state index is 0.0883. The van der Waals surface area contributed by atoms with E-state index in [2.05, 4.69) is 18.9 Å². The summed E-state index contributed by atoms with van der Waals surface area (Å²) in [5, 5.41) is 0. The van der Waals surface area contributed by atoms with Gasteiger partial charge in [0.1, 0.15) is 0 Å². The van der Waals surface area contributed by atoms with Crippen molar-refractivity contribution in [3.05, 3.63) is 0 Å². The molecule has 0 aromatic heterocycles. The van der Waals surface area contributed by atoms with E-state index in [0.717, 1.165) is 13.0 Å². The van der Waals surface area contributed by atoms with Crippen LogP contribution in [0, 0.1) is 0 Å². The molecule has 102 valence electrons. The summed E-state index contributed by atoms with van der Waals surface area (Å²) in [4.78, 5) is 2.53. The smallest absolute Gasteiger partial charge is 0.0480 e. The zero-order valence-corrected chi connectivity index (χ0v) is 11.9. The number of nitrogens with two attached hydrogens (primary N) is 1. The van der Waals surface area contributed by atoms with Gasteiger partial charge in [-0.05, 0) is 33.2 Å². The van der Waals surface area contributed by atoms with Gasteiger partial charge in [0.05, 0.1) is 0 Å². The van der Waals surface area contributed by atoms with E-state index in [4.69, 9.17) is 10.5 Å². The van der Waals surface area contributed by atoms with Crippen molar-refractivity contribution >= 4 is 0 Å². The molecule has 1 saturated carbocycles. The number of ether oxygens (including phenoxy) is 1. The SMILES string of the molecule is COCCC(C)(CN)N(C)C1CCCCCC1. The molecule has 0 heterocycles. The monoisotopic (exact) mass is 242 g/mol. The quantitative estimate of drug-likeness (QED) is 0.727. The number of rotatable bonds is 6. The maximum absolute atomic E-state index is 6.00. The van der Waals surface area contributed by atoms with Crippen molar-refractivity contribution in [1.82, 2.24) is 4.90 Å². The Morgan fingerprint density at radius 2 is 1.82 bits per heavy atom. The van der Waals surface area contributed by atoms with Crippen molar-refractivity contribution in [2.45, 2.75) is 63.5 Å². The molecule has 0 bridgehead atoms. The van der Waals surface area contributed by atoms with E-state index < -0.39 is 0 Å². The summed E-state index contributed by atoms with van der Waals surface area (Å²) in [6.07, 6.45) is 9.24. The van der Waals surface area contributed by atoms with Crippen LogP contribution in [0.15, 0.2) is 0 Å². The Morgan fingerprint density at radius 3 is 2.29 bits per heavy atom. The number of hydrogen-bond donors (Lipinski definition) is 1. The van der Waals surface area contributed by atoms with Gasteiger partial charge in [0.25, 0.3) is 0 Å². The molecule has 3 nitrogen and oxygen atoms in total. The minimum Gasteiger partial charge on any atom is -0.385 e. The van der Waals surface area contributed by atoms with E-state index in [9.17, 15) is 0 Å². The van der Waals surface area contributed by atoms with Gasteiger partial charge in [0.15, 0.2) is 0 Å². The first-order valence-electron chi connectivity index (χ1n) is 7.06. The van der Waals surface area contributed by atoms with Crippen LogP contribution < -0.4 is 5.73 Å². The highest BCUT2D eigenvalue weighted by Crippen LogP contribution is 2.27. The Morgan fingerprint density at radius 1 is 1.24 bits per heavy atom. The minimum absolute atomic E-state index is 0.0883. The van der Waals surface area contributed by atoms with Crippen LogP contribution >= 0.6 is 0 Å². The normalized spacial score (nSPS) is 22.4. The van der Waals surface area contributed by atoms with Crippen LogP contribution in [0.3, 0.4) is 0 Å². The molecule has 3 heteroatoms. The molecule has 0 aliphatic heterocycles. The van der Waals surface area contributed by atoms with E-state index in [0.29, 0.717) is 12.6 Å². The average Bonchev–Trinajstić information content (AvgIpc) is 2.63. The molecule has 0 amide bonds. The Bertz CT molecular complexity index is 202. The van der Waals surface area contributed by atoms with Crippen LogP contribution in [0.5, 0.6) is 0 Å². The molecule has 2 N–H and O–H groups in total. The van der Waals surface area contributed by atoms with E-state index >= 15 is 0 Å². The maximum atomic E-state index is 6.00. The van der Waals surface area contributed by atoms with Crippen LogP contribution in [0.2, 0.25) is 0 Å². The first kappa shape index (κ1) is 14.9. The fraction of sp³-hybridized carbons (Fsp3) is 1.00. The molecule has 0 spiro atoms. The first-order chi connectivity index (χ1) is 8.14. The van der Waals surface area contributed by atoms with Crippen molar-refractivity contribution in [2.75, 3.05) is 27.3 Å². The van der Waals surface area contributed by atoms with Crippen LogP contribution in [0.1, 0.15) is 51.9 Å². The van der Waals surface area contributed by atoms with Gasteiger partial charge in [0, 0.05) is 31.8 Å². The Hall–Kier alpha value is -0.120. The highest BCUT2D eigenvalue weighted by Gasteiger charge is 2.32. The molecule has 0 saturated heterocycles. The Labute approximate surface area is 107 Å². The van der Waals surface area contributed by atoms with Crippen molar-refractivity contribution in [3.63, 3.8) is 0 Å². The molecule has 17 heavy (non-hydrogen) atoms. The van der Waals surface area contributed by atoms with Crippen molar-refractivity contribution in [3.8, 4) is 0 Å². The van der Waals surface area contributed by atoms with E-state index in [1.54, 1.807) is 7.11 Å². The number of methoxy groups -OCH3 is 1. The summed E-state index contributed by atoms with van der Waals surface area (Å²) >= 11 is 0. The zero-order valence-electron chi connectivity index (χ0n) is 11.9. The predicted molar refractivity (Wildman–Crippen MR) is 73.2 cm³/mol. The summed E-state index contributed by atoms with van der Waals surface area (Å²) in [6, 6.07) is 0.711. The highest BCUT2D eigenvalue weighted by atomic mass is 16.5. The second-order valence-electron chi connectivity index (χ2n) is 5.70. The molecule has 1 aliphatic carbocycles. The molecular formula is C14H30N2O. The van der Waals surface area contributed by atoms with Crippen LogP contribution in [-0.4, -0.2) is 43.8 Å². The summed E-state index contributed by atoms with van der Waals surface area (Å²) in [5.74, 6) is 0. The molecule has 0 aromatic rings. The summed E-state index contributed by atoms with van der Waals surface area (Å²) < 4.78 is 5.22. The molecular weight excluding hydrogens is 212 g/mol. The average molecular weight is 242 g/mol. The number of likely N-dealkylation sites (N-methyl/N-ethyl adjacent to an activating group) is 1. The van der Waals surface area contributed by atoms with Crippen molar-refractivity contribution in [1.29, 1.82) is 0 Å². The van der Waals surface area contributed by atoms with Gasteiger partial charge in [-0.2, -0.15) is 0 Å². The lowest BCUT2D eigenvalue weighted by molar-refractivity contribution is 0.0505. The third-order valence-corrected chi connectivity index (χ3v) is 4.51. The molecule has 0 radical (unpaired) electrons. The largest absolute Gasteiger partial charge is 0.385 e. The topological polar surface area (TPSA) is 38.5 Å². The Kier molecular flexibility index (Phi) is 6.45. The molecule has 1 unspecified atom stereocenters. The van der Waals surface area contributed by atoms with E-state index in [1.165, 1.54) is 38.5 Å². The fourth-order valence-corrected chi connectivity index (χ4v) is 2.83. The van der Waals surface area contributed by atoms with Crippen LogP contribution in [-0.2, 0) is 4.74 Å². The van der Waals surface area contributed by atoms with Gasteiger partial charge in [-0.1, -0.05) is 25.7 Å². The van der Waals surface area contributed by atoms with Gasteiger partial charge in [-0.15, -0.1) is 0 Å². The second-order valence-corrected chi connectivity index (χ2v) is 5.70. The summed E-state index contributed by atoms with van der Waals surface area (Å²) in [7, 11) is 4.01. The molecule has 0 aromatic carbocycles. The standard InChI is InChI=1S/C14H30N2O/c1-14(12-15,10-11-17-3)16(2)13-8-6-4-5-7-9-13/h13H,4-12,15H2,1-3H3. The maximum Gasteiger partial charge on any atom is 0.0480 e. The summed E-state index contributed by atoms with van der Waals surface area (Å²) in [6.45, 7) is 3.78. The lowest BCUT2D eigenvalue weighted by Crippen LogP contribution is -2.54. The van der Waals surface area contributed by atoms with Crippen molar-refractivity contribution in [2.24, 2.45) is 5.73 Å². The molecule has 1 aliphatic rings. The highest BCUT2D eigenvalue weighted by molar-refractivity contribution is 4.89. The van der Waals surface area contributed by atoms with Gasteiger partial charge < -0.3 is 10.5 Å². The molecule has 1 atom stereocenters. The van der Waals surface area contributed by atoms with E-state index in [-0.39, 0.29) is 5.54 Å². The van der Waals surface area contributed by atoms with Gasteiger partial charge in [0.2, 0.25) is 0 Å². The van der Waals surface area contributed by atoms with Crippen LogP contribution in [0.25, 0.3) is 0 Å². The van der Waals surface area contributed by atoms with Crippen molar-refractivity contribution < 1.29 is 4.74 Å². The Balaban J connectivity index is 2.58.